The maximum Gasteiger partial charge on any atom is 0.356 e. The maximum absolute atomic E-state index is 11.1. The van der Waals surface area contributed by atoms with Gasteiger partial charge in [0, 0.05) is 6.54 Å². The number of rotatable bonds is 6. The van der Waals surface area contributed by atoms with E-state index >= 15 is 0 Å². The normalized spacial score (nSPS) is 10.5. The van der Waals surface area contributed by atoms with Crippen molar-refractivity contribution in [3.8, 4) is 0 Å². The second-order valence-corrected chi connectivity index (χ2v) is 4.95. The molecule has 104 valence electrons. The van der Waals surface area contributed by atoms with Crippen molar-refractivity contribution in [2.75, 3.05) is 18.0 Å². The van der Waals surface area contributed by atoms with Crippen LogP contribution in [0.1, 0.15) is 24.3 Å². The summed E-state index contributed by atoms with van der Waals surface area (Å²) in [5.74, 6) is -1.08. The number of nitrogens with zero attached hydrogens (tertiary/aromatic N) is 2. The van der Waals surface area contributed by atoms with Crippen LogP contribution in [0.4, 0.5) is 5.82 Å². The molecule has 6 nitrogen and oxygen atoms in total. The molecule has 3 N–H and O–H groups in total. The molecule has 1 heterocycles. The molecule has 0 atom stereocenters. The number of pyridine rings is 1. The molecule has 0 radical (unpaired) electrons. The first-order valence-corrected chi connectivity index (χ1v) is 6.12. The van der Waals surface area contributed by atoms with Gasteiger partial charge in [0.1, 0.15) is 5.82 Å². The highest BCUT2D eigenvalue weighted by Crippen LogP contribution is 2.20. The minimum atomic E-state index is -1.21. The predicted molar refractivity (Wildman–Crippen MR) is 72.5 cm³/mol. The molecule has 0 bridgehead atoms. The molecule has 0 aliphatic rings. The van der Waals surface area contributed by atoms with E-state index in [1.165, 1.54) is 6.07 Å². The fraction of sp³-hybridized carbons (Fsp3) is 0.417. The number of aromatic carboxylic acids is 1. The Kier molecular flexibility index (Phi) is 5.11. The van der Waals surface area contributed by atoms with Gasteiger partial charge in [-0.3, -0.25) is 4.79 Å². The maximum atomic E-state index is 11.1. The van der Waals surface area contributed by atoms with Gasteiger partial charge in [-0.05, 0) is 18.1 Å². The van der Waals surface area contributed by atoms with E-state index in [1.54, 1.807) is 11.0 Å². The first-order chi connectivity index (χ1) is 8.81. The summed E-state index contributed by atoms with van der Waals surface area (Å²) in [6.45, 7) is 4.46. The molecule has 0 fully saturated rings. The molecule has 19 heavy (non-hydrogen) atoms. The van der Waals surface area contributed by atoms with E-state index in [1.807, 2.05) is 13.8 Å². The smallest absolute Gasteiger partial charge is 0.356 e. The predicted octanol–water partition coefficient (Wildman–Crippen LogP) is 1.38. The zero-order valence-electron chi connectivity index (χ0n) is 10.8. The van der Waals surface area contributed by atoms with Crippen LogP contribution < -0.4 is 10.6 Å². The van der Waals surface area contributed by atoms with Gasteiger partial charge in [-0.2, -0.15) is 0 Å². The van der Waals surface area contributed by atoms with E-state index in [2.05, 4.69) is 4.98 Å². The fourth-order valence-corrected chi connectivity index (χ4v) is 1.81. The van der Waals surface area contributed by atoms with Gasteiger partial charge in [0.05, 0.1) is 11.6 Å². The summed E-state index contributed by atoms with van der Waals surface area (Å²) in [5, 5.41) is 9.03. The molecule has 0 unspecified atom stereocenters. The number of primary amides is 1. The lowest BCUT2D eigenvalue weighted by Crippen LogP contribution is -2.37. The van der Waals surface area contributed by atoms with Crippen LogP contribution in [0.2, 0.25) is 5.02 Å². The second kappa shape index (κ2) is 6.38. The third-order valence-electron chi connectivity index (χ3n) is 2.29. The number of carboxylic acids is 1. The molecule has 0 saturated heterocycles. The van der Waals surface area contributed by atoms with E-state index in [4.69, 9.17) is 22.4 Å². The van der Waals surface area contributed by atoms with E-state index in [9.17, 15) is 9.59 Å². The number of halogens is 1. The van der Waals surface area contributed by atoms with Gasteiger partial charge in [-0.1, -0.05) is 25.4 Å². The first-order valence-electron chi connectivity index (χ1n) is 5.74. The van der Waals surface area contributed by atoms with Crippen LogP contribution >= 0.6 is 11.6 Å². The SMILES string of the molecule is CC(C)CN(CC(N)=O)c1ccc(Cl)c(C(=O)O)n1. The molecule has 0 aromatic carbocycles. The zero-order chi connectivity index (χ0) is 14.6. The van der Waals surface area contributed by atoms with Crippen LogP contribution in [0.25, 0.3) is 0 Å². The highest BCUT2D eigenvalue weighted by atomic mass is 35.5. The Morgan fingerprint density at radius 1 is 1.47 bits per heavy atom. The van der Waals surface area contributed by atoms with Crippen molar-refractivity contribution < 1.29 is 14.7 Å². The molecule has 1 amide bonds. The Bertz CT molecular complexity index is 491. The van der Waals surface area contributed by atoms with Gasteiger partial charge in [0.25, 0.3) is 0 Å². The highest BCUT2D eigenvalue weighted by molar-refractivity contribution is 6.33. The lowest BCUT2D eigenvalue weighted by atomic mass is 10.2. The van der Waals surface area contributed by atoms with Crippen LogP contribution in [0, 0.1) is 5.92 Å². The number of carbonyl (C=O) groups excluding carboxylic acids is 1. The number of hydrogen-bond donors (Lipinski definition) is 2. The van der Waals surface area contributed by atoms with E-state index < -0.39 is 11.9 Å². The average Bonchev–Trinajstić information content (AvgIpc) is 2.27. The quantitative estimate of drug-likeness (QED) is 0.823. The summed E-state index contributed by atoms with van der Waals surface area (Å²) < 4.78 is 0. The molecule has 7 heteroatoms. The molecule has 0 spiro atoms. The third kappa shape index (κ3) is 4.40. The van der Waals surface area contributed by atoms with Crippen LogP contribution in [0.3, 0.4) is 0 Å². The van der Waals surface area contributed by atoms with Gasteiger partial charge >= 0.3 is 5.97 Å². The van der Waals surface area contributed by atoms with Crippen molar-refractivity contribution in [1.29, 1.82) is 0 Å². The molecule has 1 rings (SSSR count). The van der Waals surface area contributed by atoms with Crippen molar-refractivity contribution in [2.24, 2.45) is 11.7 Å². The van der Waals surface area contributed by atoms with E-state index in [-0.39, 0.29) is 23.2 Å². The summed E-state index contributed by atoms with van der Waals surface area (Å²) in [5.41, 5.74) is 4.94. The average molecular weight is 286 g/mol. The molecule has 1 aromatic heterocycles. The number of hydrogen-bond acceptors (Lipinski definition) is 4. The van der Waals surface area contributed by atoms with Crippen LogP contribution in [0.5, 0.6) is 0 Å². The Labute approximate surface area is 116 Å². The summed E-state index contributed by atoms with van der Waals surface area (Å²) >= 11 is 5.75. The Balaban J connectivity index is 3.11. The van der Waals surface area contributed by atoms with Crippen molar-refractivity contribution in [3.05, 3.63) is 22.8 Å². The summed E-state index contributed by atoms with van der Waals surface area (Å²) in [6.07, 6.45) is 0. The van der Waals surface area contributed by atoms with Gasteiger partial charge < -0.3 is 15.7 Å². The van der Waals surface area contributed by atoms with Gasteiger partial charge in [-0.25, -0.2) is 9.78 Å². The van der Waals surface area contributed by atoms with Crippen molar-refractivity contribution in [3.63, 3.8) is 0 Å². The number of aromatic nitrogens is 1. The monoisotopic (exact) mass is 285 g/mol. The first kappa shape index (κ1) is 15.2. The van der Waals surface area contributed by atoms with Crippen LogP contribution in [-0.2, 0) is 4.79 Å². The van der Waals surface area contributed by atoms with E-state index in [0.29, 0.717) is 12.4 Å². The number of carboxylic acid groups (broad SMARTS) is 1. The topological polar surface area (TPSA) is 96.5 Å². The number of anilines is 1. The Morgan fingerprint density at radius 2 is 2.11 bits per heavy atom. The molecular weight excluding hydrogens is 270 g/mol. The van der Waals surface area contributed by atoms with Gasteiger partial charge in [0.15, 0.2) is 5.69 Å². The lowest BCUT2D eigenvalue weighted by molar-refractivity contribution is -0.116. The van der Waals surface area contributed by atoms with Crippen molar-refractivity contribution >= 4 is 29.3 Å². The zero-order valence-corrected chi connectivity index (χ0v) is 11.5. The number of amides is 1. The minimum absolute atomic E-state index is 0.0220. The van der Waals surface area contributed by atoms with Gasteiger partial charge in [-0.15, -0.1) is 0 Å². The largest absolute Gasteiger partial charge is 0.476 e. The van der Waals surface area contributed by atoms with Crippen molar-refractivity contribution in [2.45, 2.75) is 13.8 Å². The molecular formula is C12H16ClN3O3. The summed E-state index contributed by atoms with van der Waals surface area (Å²) in [7, 11) is 0. The summed E-state index contributed by atoms with van der Waals surface area (Å²) in [4.78, 5) is 27.6. The standard InChI is InChI=1S/C12H16ClN3O3/c1-7(2)5-16(6-9(14)17)10-4-3-8(13)11(15-10)12(18)19/h3-4,7H,5-6H2,1-2H3,(H2,14,17)(H,18,19). The Morgan fingerprint density at radius 3 is 2.58 bits per heavy atom. The molecule has 0 saturated carbocycles. The molecule has 1 aromatic rings. The van der Waals surface area contributed by atoms with E-state index in [0.717, 1.165) is 0 Å². The molecule has 0 aliphatic carbocycles. The number of nitrogens with two attached hydrogens (primary N) is 1. The highest BCUT2D eigenvalue weighted by Gasteiger charge is 2.17. The molecule has 0 aliphatic heterocycles. The number of carbonyl (C=O) groups is 2. The lowest BCUT2D eigenvalue weighted by Gasteiger charge is -2.24. The van der Waals surface area contributed by atoms with Crippen LogP contribution in [-0.4, -0.2) is 35.1 Å². The van der Waals surface area contributed by atoms with Crippen molar-refractivity contribution in [1.82, 2.24) is 4.98 Å². The van der Waals surface area contributed by atoms with Crippen LogP contribution in [0.15, 0.2) is 12.1 Å². The van der Waals surface area contributed by atoms with Gasteiger partial charge in [0.2, 0.25) is 5.91 Å². The third-order valence-corrected chi connectivity index (χ3v) is 2.60. The second-order valence-electron chi connectivity index (χ2n) is 4.55. The Hall–Kier alpha value is -1.82. The minimum Gasteiger partial charge on any atom is -0.476 e. The fourth-order valence-electron chi connectivity index (χ4n) is 1.63. The summed E-state index contributed by atoms with van der Waals surface area (Å²) in [6, 6.07) is 3.02.